The molecule has 3 N–H and O–H groups in total. The van der Waals surface area contributed by atoms with E-state index in [1.807, 2.05) is 30.5 Å². The second-order valence-corrected chi connectivity index (χ2v) is 4.43. The van der Waals surface area contributed by atoms with Crippen molar-refractivity contribution in [2.24, 2.45) is 0 Å². The summed E-state index contributed by atoms with van der Waals surface area (Å²) in [5, 5.41) is 3.09. The van der Waals surface area contributed by atoms with Crippen LogP contribution in [0.1, 0.15) is 0 Å². The van der Waals surface area contributed by atoms with Gasteiger partial charge in [0.05, 0.1) is 11.4 Å². The van der Waals surface area contributed by atoms with Gasteiger partial charge in [-0.25, -0.2) is 4.39 Å². The third-order valence-corrected chi connectivity index (χ3v) is 3.17. The van der Waals surface area contributed by atoms with E-state index in [-0.39, 0.29) is 5.69 Å². The summed E-state index contributed by atoms with van der Waals surface area (Å²) in [6, 6.07) is 12.6. The molecule has 88 valence electrons. The first-order chi connectivity index (χ1) is 8.20. The van der Waals surface area contributed by atoms with Crippen LogP contribution in [0.2, 0.25) is 0 Å². The maximum atomic E-state index is 13.2. The normalized spacial score (nSPS) is 10.2. The van der Waals surface area contributed by atoms with Crippen LogP contribution in [0, 0.1) is 5.82 Å². The van der Waals surface area contributed by atoms with Gasteiger partial charge in [-0.1, -0.05) is 6.07 Å². The number of halogens is 1. The highest BCUT2D eigenvalue weighted by molar-refractivity contribution is 7.98. The standard InChI is InChI=1S/C13H13FN2S/c1-17-10-7-5-9(6-8-10)16-12-4-2-3-11(14)13(12)15/h2-8,16H,15H2,1H3. The molecule has 0 radical (unpaired) electrons. The molecule has 2 aromatic rings. The van der Waals surface area contributed by atoms with Gasteiger partial charge in [0, 0.05) is 10.6 Å². The van der Waals surface area contributed by atoms with E-state index in [1.165, 1.54) is 11.0 Å². The lowest BCUT2D eigenvalue weighted by molar-refractivity contribution is 0.633. The molecular weight excluding hydrogens is 235 g/mol. The topological polar surface area (TPSA) is 38.0 Å². The molecule has 0 aliphatic carbocycles. The Morgan fingerprint density at radius 3 is 2.47 bits per heavy atom. The highest BCUT2D eigenvalue weighted by Gasteiger charge is 2.04. The Morgan fingerprint density at radius 2 is 1.82 bits per heavy atom. The van der Waals surface area contributed by atoms with Crippen molar-refractivity contribution in [2.45, 2.75) is 4.90 Å². The van der Waals surface area contributed by atoms with Crippen LogP contribution < -0.4 is 11.1 Å². The van der Waals surface area contributed by atoms with Gasteiger partial charge in [0.1, 0.15) is 5.82 Å². The van der Waals surface area contributed by atoms with Crippen LogP contribution in [-0.4, -0.2) is 6.26 Å². The zero-order valence-electron chi connectivity index (χ0n) is 9.41. The lowest BCUT2D eigenvalue weighted by Crippen LogP contribution is -1.98. The first-order valence-corrected chi connectivity index (χ1v) is 6.38. The van der Waals surface area contributed by atoms with E-state index >= 15 is 0 Å². The fourth-order valence-electron chi connectivity index (χ4n) is 1.48. The Morgan fingerprint density at radius 1 is 1.12 bits per heavy atom. The quantitative estimate of drug-likeness (QED) is 0.639. The van der Waals surface area contributed by atoms with E-state index in [0.717, 1.165) is 5.69 Å². The van der Waals surface area contributed by atoms with Crippen LogP contribution in [0.4, 0.5) is 21.5 Å². The third kappa shape index (κ3) is 2.71. The summed E-state index contributed by atoms with van der Waals surface area (Å²) in [5.41, 5.74) is 7.26. The Bertz CT molecular complexity index is 511. The van der Waals surface area contributed by atoms with E-state index in [9.17, 15) is 4.39 Å². The first kappa shape index (κ1) is 11.8. The van der Waals surface area contributed by atoms with Gasteiger partial charge >= 0.3 is 0 Å². The van der Waals surface area contributed by atoms with Crippen molar-refractivity contribution in [1.29, 1.82) is 0 Å². The minimum absolute atomic E-state index is 0.140. The Labute approximate surface area is 104 Å². The minimum Gasteiger partial charge on any atom is -0.395 e. The Kier molecular flexibility index (Phi) is 3.54. The van der Waals surface area contributed by atoms with Crippen molar-refractivity contribution in [1.82, 2.24) is 0 Å². The van der Waals surface area contributed by atoms with E-state index in [4.69, 9.17) is 5.73 Å². The summed E-state index contributed by atoms with van der Waals surface area (Å²) in [6.45, 7) is 0. The molecule has 2 rings (SSSR count). The van der Waals surface area contributed by atoms with Crippen molar-refractivity contribution in [2.75, 3.05) is 17.3 Å². The van der Waals surface area contributed by atoms with Crippen LogP contribution in [0.3, 0.4) is 0 Å². The van der Waals surface area contributed by atoms with Crippen molar-refractivity contribution < 1.29 is 4.39 Å². The van der Waals surface area contributed by atoms with E-state index < -0.39 is 5.82 Å². The SMILES string of the molecule is CSc1ccc(Nc2cccc(F)c2N)cc1. The number of rotatable bonds is 3. The molecule has 0 aliphatic rings. The summed E-state index contributed by atoms with van der Waals surface area (Å²) in [7, 11) is 0. The van der Waals surface area contributed by atoms with E-state index in [0.29, 0.717) is 5.69 Å². The molecule has 0 saturated heterocycles. The summed E-state index contributed by atoms with van der Waals surface area (Å²) in [5.74, 6) is -0.407. The van der Waals surface area contributed by atoms with Crippen molar-refractivity contribution >= 4 is 28.8 Å². The highest BCUT2D eigenvalue weighted by atomic mass is 32.2. The molecule has 0 aliphatic heterocycles. The molecule has 0 atom stereocenters. The average Bonchev–Trinajstić information content (AvgIpc) is 2.36. The van der Waals surface area contributed by atoms with Crippen LogP contribution >= 0.6 is 11.8 Å². The molecule has 0 aromatic heterocycles. The van der Waals surface area contributed by atoms with Crippen molar-refractivity contribution in [3.8, 4) is 0 Å². The van der Waals surface area contributed by atoms with E-state index in [1.54, 1.807) is 23.9 Å². The van der Waals surface area contributed by atoms with Crippen LogP contribution in [0.5, 0.6) is 0 Å². The molecule has 0 unspecified atom stereocenters. The third-order valence-electron chi connectivity index (χ3n) is 2.42. The summed E-state index contributed by atoms with van der Waals surface area (Å²) < 4.78 is 13.2. The van der Waals surface area contributed by atoms with Gasteiger partial charge in [0.25, 0.3) is 0 Å². The molecule has 0 saturated carbocycles. The van der Waals surface area contributed by atoms with Gasteiger partial charge in [-0.05, 0) is 42.7 Å². The number of hydrogen-bond donors (Lipinski definition) is 2. The Balaban J connectivity index is 2.22. The molecule has 0 fully saturated rings. The van der Waals surface area contributed by atoms with E-state index in [2.05, 4.69) is 5.32 Å². The predicted octanol–water partition coefficient (Wildman–Crippen LogP) is 3.87. The molecule has 0 spiro atoms. The number of para-hydroxylation sites is 1. The largest absolute Gasteiger partial charge is 0.395 e. The zero-order valence-corrected chi connectivity index (χ0v) is 10.2. The van der Waals surface area contributed by atoms with Gasteiger partial charge in [0.15, 0.2) is 0 Å². The monoisotopic (exact) mass is 248 g/mol. The average molecular weight is 248 g/mol. The van der Waals surface area contributed by atoms with Crippen LogP contribution in [-0.2, 0) is 0 Å². The summed E-state index contributed by atoms with van der Waals surface area (Å²) >= 11 is 1.68. The van der Waals surface area contributed by atoms with Crippen LogP contribution in [0.25, 0.3) is 0 Å². The molecule has 17 heavy (non-hydrogen) atoms. The minimum atomic E-state index is -0.407. The van der Waals surface area contributed by atoms with Gasteiger partial charge in [0.2, 0.25) is 0 Å². The zero-order chi connectivity index (χ0) is 12.3. The van der Waals surface area contributed by atoms with Gasteiger partial charge in [-0.2, -0.15) is 0 Å². The van der Waals surface area contributed by atoms with Crippen molar-refractivity contribution in [3.05, 3.63) is 48.3 Å². The number of hydrogen-bond acceptors (Lipinski definition) is 3. The van der Waals surface area contributed by atoms with Gasteiger partial charge in [-0.3, -0.25) is 0 Å². The number of nitrogens with one attached hydrogen (secondary N) is 1. The van der Waals surface area contributed by atoms with Gasteiger partial charge < -0.3 is 11.1 Å². The highest BCUT2D eigenvalue weighted by Crippen LogP contribution is 2.26. The molecule has 0 heterocycles. The first-order valence-electron chi connectivity index (χ1n) is 5.16. The fourth-order valence-corrected chi connectivity index (χ4v) is 1.88. The lowest BCUT2D eigenvalue weighted by Gasteiger charge is -2.10. The number of anilines is 3. The molecular formula is C13H13FN2S. The second-order valence-electron chi connectivity index (χ2n) is 3.55. The number of nitrogens with two attached hydrogens (primary N) is 1. The van der Waals surface area contributed by atoms with Gasteiger partial charge in [-0.15, -0.1) is 11.8 Å². The summed E-state index contributed by atoms with van der Waals surface area (Å²) in [4.78, 5) is 1.18. The maximum Gasteiger partial charge on any atom is 0.148 e. The van der Waals surface area contributed by atoms with Crippen LogP contribution in [0.15, 0.2) is 47.4 Å². The Hall–Kier alpha value is -1.68. The fraction of sp³-hybridized carbons (Fsp3) is 0.0769. The summed E-state index contributed by atoms with van der Waals surface area (Å²) in [6.07, 6.45) is 2.02. The molecule has 2 nitrogen and oxygen atoms in total. The maximum absolute atomic E-state index is 13.2. The number of thioether (sulfide) groups is 1. The molecule has 0 bridgehead atoms. The number of nitrogen functional groups attached to an aromatic ring is 1. The predicted molar refractivity (Wildman–Crippen MR) is 72.3 cm³/mol. The second kappa shape index (κ2) is 5.10. The molecule has 0 amide bonds. The molecule has 4 heteroatoms. The smallest absolute Gasteiger partial charge is 0.148 e. The van der Waals surface area contributed by atoms with Crippen molar-refractivity contribution in [3.63, 3.8) is 0 Å². The number of benzene rings is 2. The lowest BCUT2D eigenvalue weighted by atomic mass is 10.2. The molecule has 2 aromatic carbocycles.